The van der Waals surface area contributed by atoms with Crippen LogP contribution in [0, 0.1) is 17.6 Å². The summed E-state index contributed by atoms with van der Waals surface area (Å²) in [6, 6.07) is 9.25. The first-order valence-electron chi connectivity index (χ1n) is 8.34. The molecule has 146 valence electrons. The molecule has 1 unspecified atom stereocenters. The van der Waals surface area contributed by atoms with Gasteiger partial charge >= 0.3 is 5.76 Å². The van der Waals surface area contributed by atoms with E-state index in [0.717, 1.165) is 24.6 Å². The van der Waals surface area contributed by atoms with Gasteiger partial charge in [0.2, 0.25) is 9.84 Å². The van der Waals surface area contributed by atoms with Gasteiger partial charge in [-0.1, -0.05) is 12.1 Å². The molecule has 0 saturated carbocycles. The number of nitrogens with one attached hydrogen (secondary N) is 1. The van der Waals surface area contributed by atoms with Crippen molar-refractivity contribution in [1.29, 1.82) is 0 Å². The van der Waals surface area contributed by atoms with Crippen LogP contribution in [0.15, 0.2) is 47.4 Å². The molecule has 0 amide bonds. The van der Waals surface area contributed by atoms with Crippen molar-refractivity contribution in [3.63, 3.8) is 0 Å². The van der Waals surface area contributed by atoms with E-state index >= 15 is 0 Å². The van der Waals surface area contributed by atoms with Crippen LogP contribution < -0.4 is 10.2 Å². The van der Waals surface area contributed by atoms with Crippen molar-refractivity contribution >= 4 is 21.2 Å². The Morgan fingerprint density at radius 3 is 2.56 bits per heavy atom. The molecule has 9 heteroatoms. The van der Waals surface area contributed by atoms with Gasteiger partial charge in [-0.15, -0.1) is 0 Å². The van der Waals surface area contributed by atoms with Gasteiger partial charge in [0.25, 0.3) is 0 Å². The SMILES string of the molecule is O=S(=O)(c1ccccc1NCC1CCN(c2ccc(F)c(F)c2)C1)C(F)F. The molecule has 1 aliphatic heterocycles. The number of anilines is 2. The van der Waals surface area contributed by atoms with Crippen molar-refractivity contribution < 1.29 is 26.0 Å². The zero-order valence-electron chi connectivity index (χ0n) is 14.2. The van der Waals surface area contributed by atoms with E-state index in [4.69, 9.17) is 0 Å². The molecular weight excluding hydrogens is 384 g/mol. The number of hydrogen-bond donors (Lipinski definition) is 1. The number of para-hydroxylation sites is 1. The summed E-state index contributed by atoms with van der Waals surface area (Å²) < 4.78 is 75.7. The van der Waals surface area contributed by atoms with E-state index in [1.165, 1.54) is 18.2 Å². The number of halogens is 4. The van der Waals surface area contributed by atoms with Crippen molar-refractivity contribution in [3.05, 3.63) is 54.1 Å². The lowest BCUT2D eigenvalue weighted by Crippen LogP contribution is -2.23. The van der Waals surface area contributed by atoms with Crippen molar-refractivity contribution in [2.75, 3.05) is 29.9 Å². The maximum absolute atomic E-state index is 13.4. The fraction of sp³-hybridized carbons (Fsp3) is 0.333. The van der Waals surface area contributed by atoms with Gasteiger partial charge < -0.3 is 10.2 Å². The second kappa shape index (κ2) is 7.75. The van der Waals surface area contributed by atoms with Gasteiger partial charge in [-0.05, 0) is 36.6 Å². The first kappa shape index (κ1) is 19.5. The van der Waals surface area contributed by atoms with Crippen molar-refractivity contribution in [2.45, 2.75) is 17.1 Å². The van der Waals surface area contributed by atoms with Crippen LogP contribution in [0.3, 0.4) is 0 Å². The Bertz CT molecular complexity index is 921. The van der Waals surface area contributed by atoms with Gasteiger partial charge in [-0.3, -0.25) is 0 Å². The normalized spacial score (nSPS) is 17.5. The number of rotatable bonds is 6. The third-order valence-corrected chi connectivity index (χ3v) is 6.00. The lowest BCUT2D eigenvalue weighted by Gasteiger charge is -2.19. The first-order valence-corrected chi connectivity index (χ1v) is 9.88. The maximum Gasteiger partial charge on any atom is 0.341 e. The van der Waals surface area contributed by atoms with E-state index in [1.807, 2.05) is 4.90 Å². The summed E-state index contributed by atoms with van der Waals surface area (Å²) >= 11 is 0. The zero-order chi connectivity index (χ0) is 19.6. The van der Waals surface area contributed by atoms with Crippen LogP contribution in [0.5, 0.6) is 0 Å². The molecule has 1 N–H and O–H groups in total. The second-order valence-electron chi connectivity index (χ2n) is 6.38. The van der Waals surface area contributed by atoms with Crippen molar-refractivity contribution in [2.24, 2.45) is 5.92 Å². The Labute approximate surface area is 154 Å². The predicted molar refractivity (Wildman–Crippen MR) is 94.8 cm³/mol. The molecule has 3 rings (SSSR count). The largest absolute Gasteiger partial charge is 0.384 e. The molecule has 4 nitrogen and oxygen atoms in total. The topological polar surface area (TPSA) is 49.4 Å². The standard InChI is InChI=1S/C18H18F4N2O2S/c19-14-6-5-13(9-15(14)20)24-8-7-12(11-24)10-23-16-3-1-2-4-17(16)27(25,26)18(21)22/h1-6,9,12,18,23H,7-8,10-11H2. The van der Waals surface area contributed by atoms with Gasteiger partial charge in [0, 0.05) is 31.4 Å². The molecule has 27 heavy (non-hydrogen) atoms. The summed E-state index contributed by atoms with van der Waals surface area (Å²) in [6.07, 6.45) is 0.746. The predicted octanol–water partition coefficient (Wildman–Crippen LogP) is 3.90. The van der Waals surface area contributed by atoms with Crippen LogP contribution in [0.25, 0.3) is 0 Å². The highest BCUT2D eigenvalue weighted by molar-refractivity contribution is 7.91. The van der Waals surface area contributed by atoms with E-state index in [-0.39, 0.29) is 11.6 Å². The average molecular weight is 402 g/mol. The van der Waals surface area contributed by atoms with E-state index in [1.54, 1.807) is 6.07 Å². The fourth-order valence-corrected chi connectivity index (χ4v) is 4.03. The number of hydrogen-bond acceptors (Lipinski definition) is 4. The zero-order valence-corrected chi connectivity index (χ0v) is 15.0. The van der Waals surface area contributed by atoms with E-state index in [2.05, 4.69) is 5.32 Å². The number of nitrogens with zero attached hydrogens (tertiary/aromatic N) is 1. The van der Waals surface area contributed by atoms with Crippen LogP contribution in [0.2, 0.25) is 0 Å². The summed E-state index contributed by atoms with van der Waals surface area (Å²) in [6.45, 7) is 1.56. The Kier molecular flexibility index (Phi) is 5.59. The molecule has 1 atom stereocenters. The van der Waals surface area contributed by atoms with Crippen LogP contribution >= 0.6 is 0 Å². The molecule has 0 spiro atoms. The van der Waals surface area contributed by atoms with Gasteiger partial charge in [0.05, 0.1) is 10.6 Å². The Morgan fingerprint density at radius 2 is 1.85 bits per heavy atom. The van der Waals surface area contributed by atoms with Gasteiger partial charge in [0.15, 0.2) is 11.6 Å². The van der Waals surface area contributed by atoms with Crippen LogP contribution in [-0.2, 0) is 9.84 Å². The molecule has 0 aliphatic carbocycles. The van der Waals surface area contributed by atoms with Crippen LogP contribution in [0.4, 0.5) is 28.9 Å². The Balaban J connectivity index is 1.66. The molecule has 2 aromatic rings. The smallest absolute Gasteiger partial charge is 0.341 e. The average Bonchev–Trinajstić information content (AvgIpc) is 3.11. The molecule has 0 aromatic heterocycles. The van der Waals surface area contributed by atoms with Gasteiger partial charge in [-0.25, -0.2) is 17.2 Å². The summed E-state index contributed by atoms with van der Waals surface area (Å²) in [5.74, 6) is -5.22. The van der Waals surface area contributed by atoms with Crippen molar-refractivity contribution in [3.8, 4) is 0 Å². The minimum atomic E-state index is -4.70. The molecular formula is C18H18F4N2O2S. The number of sulfone groups is 1. The lowest BCUT2D eigenvalue weighted by molar-refractivity contribution is 0.235. The van der Waals surface area contributed by atoms with E-state index in [0.29, 0.717) is 25.3 Å². The molecule has 0 radical (unpaired) electrons. The Morgan fingerprint density at radius 1 is 1.11 bits per heavy atom. The minimum absolute atomic E-state index is 0.0976. The van der Waals surface area contributed by atoms with E-state index < -0.39 is 32.1 Å². The van der Waals surface area contributed by atoms with Crippen LogP contribution in [0.1, 0.15) is 6.42 Å². The fourth-order valence-electron chi connectivity index (χ4n) is 3.13. The third-order valence-electron chi connectivity index (χ3n) is 4.56. The van der Waals surface area contributed by atoms with Gasteiger partial charge in [0.1, 0.15) is 0 Å². The summed E-state index contributed by atoms with van der Waals surface area (Å²) in [7, 11) is -4.70. The highest BCUT2D eigenvalue weighted by atomic mass is 32.2. The molecule has 1 heterocycles. The summed E-state index contributed by atoms with van der Waals surface area (Å²) in [5.41, 5.74) is 0.696. The highest BCUT2D eigenvalue weighted by Gasteiger charge is 2.29. The molecule has 1 saturated heterocycles. The second-order valence-corrected chi connectivity index (χ2v) is 8.27. The van der Waals surface area contributed by atoms with Crippen LogP contribution in [-0.4, -0.2) is 33.8 Å². The molecule has 2 aromatic carbocycles. The maximum atomic E-state index is 13.4. The van der Waals surface area contributed by atoms with Gasteiger partial charge in [-0.2, -0.15) is 8.78 Å². The first-order chi connectivity index (χ1) is 12.8. The lowest BCUT2D eigenvalue weighted by atomic mass is 10.1. The van der Waals surface area contributed by atoms with E-state index in [9.17, 15) is 26.0 Å². The summed E-state index contributed by atoms with van der Waals surface area (Å²) in [4.78, 5) is 1.46. The van der Waals surface area contributed by atoms with Crippen molar-refractivity contribution in [1.82, 2.24) is 0 Å². The number of alkyl halides is 2. The minimum Gasteiger partial charge on any atom is -0.384 e. The monoisotopic (exact) mass is 402 g/mol. The molecule has 1 aliphatic rings. The Hall–Kier alpha value is -2.29. The highest BCUT2D eigenvalue weighted by Crippen LogP contribution is 2.28. The quantitative estimate of drug-likeness (QED) is 0.745. The third kappa shape index (κ3) is 4.18. The number of benzene rings is 2. The molecule has 0 bridgehead atoms. The molecule has 1 fully saturated rings. The summed E-state index contributed by atoms with van der Waals surface area (Å²) in [5, 5.41) is 2.94.